The Morgan fingerprint density at radius 1 is 1.21 bits per heavy atom. The van der Waals surface area contributed by atoms with Crippen molar-refractivity contribution in [1.82, 2.24) is 10.2 Å². The molecule has 0 spiro atoms. The van der Waals surface area contributed by atoms with E-state index in [-0.39, 0.29) is 30.3 Å². The van der Waals surface area contributed by atoms with Crippen LogP contribution in [-0.4, -0.2) is 37.0 Å². The van der Waals surface area contributed by atoms with Crippen LogP contribution in [0.15, 0.2) is 18.2 Å². The minimum absolute atomic E-state index is 0. The molecule has 0 atom stereocenters. The Labute approximate surface area is 117 Å². The molecule has 106 valence electrons. The molecular weight excluding hydrogens is 274 g/mol. The van der Waals surface area contributed by atoms with Crippen LogP contribution in [-0.2, 0) is 11.2 Å². The molecule has 0 saturated carbocycles. The summed E-state index contributed by atoms with van der Waals surface area (Å²) in [6, 6.07) is 3.65. The highest BCUT2D eigenvalue weighted by atomic mass is 35.5. The first-order valence-corrected chi connectivity index (χ1v) is 6.10. The van der Waals surface area contributed by atoms with Crippen molar-refractivity contribution in [1.29, 1.82) is 0 Å². The lowest BCUT2D eigenvalue weighted by molar-refractivity contribution is -0.130. The number of carbonyl (C=O) groups excluding carboxylic acids is 1. The van der Waals surface area contributed by atoms with E-state index >= 15 is 0 Å². The first kappa shape index (κ1) is 15.9. The van der Waals surface area contributed by atoms with Crippen LogP contribution in [0.3, 0.4) is 0 Å². The van der Waals surface area contributed by atoms with E-state index in [1.54, 1.807) is 4.90 Å². The highest BCUT2D eigenvalue weighted by Crippen LogP contribution is 2.14. The molecule has 3 nitrogen and oxygen atoms in total. The molecular formula is C13H17ClF2N2O. The van der Waals surface area contributed by atoms with Gasteiger partial charge in [0.2, 0.25) is 5.91 Å². The first-order chi connectivity index (χ1) is 8.68. The monoisotopic (exact) mass is 290 g/mol. The van der Waals surface area contributed by atoms with Gasteiger partial charge in [-0.25, -0.2) is 8.78 Å². The number of nitrogens with one attached hydrogen (secondary N) is 1. The van der Waals surface area contributed by atoms with Gasteiger partial charge in [-0.1, -0.05) is 6.07 Å². The van der Waals surface area contributed by atoms with E-state index in [9.17, 15) is 13.6 Å². The van der Waals surface area contributed by atoms with Gasteiger partial charge in [-0.2, -0.15) is 0 Å². The van der Waals surface area contributed by atoms with Gasteiger partial charge < -0.3 is 10.2 Å². The van der Waals surface area contributed by atoms with Gasteiger partial charge in [-0.05, 0) is 25.1 Å². The van der Waals surface area contributed by atoms with Crippen LogP contribution in [0.1, 0.15) is 12.0 Å². The van der Waals surface area contributed by atoms with Gasteiger partial charge in [-0.3, -0.25) is 4.79 Å². The van der Waals surface area contributed by atoms with Crippen LogP contribution in [0.5, 0.6) is 0 Å². The van der Waals surface area contributed by atoms with Crippen molar-refractivity contribution < 1.29 is 13.6 Å². The van der Waals surface area contributed by atoms with Gasteiger partial charge in [0.05, 0.1) is 6.42 Å². The van der Waals surface area contributed by atoms with E-state index in [2.05, 4.69) is 5.32 Å². The molecule has 1 aromatic carbocycles. The van der Waals surface area contributed by atoms with Crippen LogP contribution in [0.2, 0.25) is 0 Å². The van der Waals surface area contributed by atoms with E-state index in [1.807, 2.05) is 0 Å². The largest absolute Gasteiger partial charge is 0.341 e. The lowest BCUT2D eigenvalue weighted by atomic mass is 10.1. The third-order valence-electron chi connectivity index (χ3n) is 3.08. The quantitative estimate of drug-likeness (QED) is 0.900. The minimum Gasteiger partial charge on any atom is -0.341 e. The lowest BCUT2D eigenvalue weighted by Gasteiger charge is -2.20. The Kier molecular flexibility index (Phi) is 6.18. The number of hydrogen-bond donors (Lipinski definition) is 1. The normalized spacial score (nSPS) is 15.6. The van der Waals surface area contributed by atoms with E-state index in [0.29, 0.717) is 13.1 Å². The summed E-state index contributed by atoms with van der Waals surface area (Å²) in [6.45, 7) is 2.83. The summed E-state index contributed by atoms with van der Waals surface area (Å²) in [4.78, 5) is 13.6. The Morgan fingerprint density at radius 2 is 1.89 bits per heavy atom. The maximum atomic E-state index is 13.4. The van der Waals surface area contributed by atoms with Crippen molar-refractivity contribution >= 4 is 18.3 Å². The maximum absolute atomic E-state index is 13.4. The highest BCUT2D eigenvalue weighted by molar-refractivity contribution is 5.85. The molecule has 0 radical (unpaired) electrons. The van der Waals surface area contributed by atoms with Gasteiger partial charge >= 0.3 is 0 Å². The molecule has 1 aliphatic heterocycles. The van der Waals surface area contributed by atoms with Crippen molar-refractivity contribution in [3.05, 3.63) is 35.4 Å². The number of amides is 1. The third-order valence-corrected chi connectivity index (χ3v) is 3.08. The summed E-state index contributed by atoms with van der Waals surface area (Å²) in [7, 11) is 0. The Morgan fingerprint density at radius 3 is 2.58 bits per heavy atom. The molecule has 1 aromatic rings. The topological polar surface area (TPSA) is 32.3 Å². The predicted octanol–water partition coefficient (Wildman–Crippen LogP) is 1.75. The molecule has 1 saturated heterocycles. The number of carbonyl (C=O) groups is 1. The molecule has 19 heavy (non-hydrogen) atoms. The SMILES string of the molecule is Cl.O=C(Cc1c(F)cccc1F)N1CCCNCC1. The van der Waals surface area contributed by atoms with E-state index < -0.39 is 11.6 Å². The van der Waals surface area contributed by atoms with Crippen LogP contribution >= 0.6 is 12.4 Å². The predicted molar refractivity (Wildman–Crippen MR) is 71.4 cm³/mol. The van der Waals surface area contributed by atoms with Gasteiger partial charge in [0.1, 0.15) is 11.6 Å². The van der Waals surface area contributed by atoms with E-state index in [1.165, 1.54) is 18.2 Å². The summed E-state index contributed by atoms with van der Waals surface area (Å²) < 4.78 is 26.9. The Balaban J connectivity index is 0.00000180. The van der Waals surface area contributed by atoms with Crippen LogP contribution in [0.25, 0.3) is 0 Å². The van der Waals surface area contributed by atoms with Crippen molar-refractivity contribution in [2.75, 3.05) is 26.2 Å². The number of hydrogen-bond acceptors (Lipinski definition) is 2. The molecule has 2 rings (SSSR count). The molecule has 1 aliphatic rings. The van der Waals surface area contributed by atoms with Crippen molar-refractivity contribution in [2.24, 2.45) is 0 Å². The van der Waals surface area contributed by atoms with Gasteiger partial charge in [0, 0.05) is 25.2 Å². The van der Waals surface area contributed by atoms with Gasteiger partial charge in [0.25, 0.3) is 0 Å². The molecule has 6 heteroatoms. The fourth-order valence-electron chi connectivity index (χ4n) is 2.06. The highest BCUT2D eigenvalue weighted by Gasteiger charge is 2.19. The standard InChI is InChI=1S/C13H16F2N2O.ClH/c14-11-3-1-4-12(15)10(11)9-13(18)17-7-2-5-16-6-8-17;/h1,3-4,16H,2,5-9H2;1H. The Bertz CT molecular complexity index is 414. The minimum atomic E-state index is -0.656. The summed E-state index contributed by atoms with van der Waals surface area (Å²) in [5, 5.41) is 3.18. The summed E-state index contributed by atoms with van der Waals surface area (Å²) >= 11 is 0. The number of nitrogens with zero attached hydrogens (tertiary/aromatic N) is 1. The molecule has 0 bridgehead atoms. The first-order valence-electron chi connectivity index (χ1n) is 6.10. The number of rotatable bonds is 2. The summed E-state index contributed by atoms with van der Waals surface area (Å²) in [5.41, 5.74) is -0.139. The second-order valence-corrected chi connectivity index (χ2v) is 4.36. The second-order valence-electron chi connectivity index (χ2n) is 4.36. The van der Waals surface area contributed by atoms with Crippen LogP contribution in [0, 0.1) is 11.6 Å². The van der Waals surface area contributed by atoms with Crippen molar-refractivity contribution in [3.63, 3.8) is 0 Å². The number of benzene rings is 1. The summed E-state index contributed by atoms with van der Waals surface area (Å²) in [6.07, 6.45) is 0.657. The third kappa shape index (κ3) is 4.14. The van der Waals surface area contributed by atoms with Crippen molar-refractivity contribution in [2.45, 2.75) is 12.8 Å². The van der Waals surface area contributed by atoms with Crippen LogP contribution < -0.4 is 5.32 Å². The maximum Gasteiger partial charge on any atom is 0.227 e. The number of halogens is 3. The van der Waals surface area contributed by atoms with Gasteiger partial charge in [0.15, 0.2) is 0 Å². The average Bonchev–Trinajstić information content (AvgIpc) is 2.62. The molecule has 1 fully saturated rings. The zero-order valence-corrected chi connectivity index (χ0v) is 11.3. The molecule has 1 heterocycles. The molecule has 0 unspecified atom stereocenters. The molecule has 0 aromatic heterocycles. The summed E-state index contributed by atoms with van der Waals surface area (Å²) in [5.74, 6) is -1.53. The molecule has 1 N–H and O–H groups in total. The van der Waals surface area contributed by atoms with Crippen molar-refractivity contribution in [3.8, 4) is 0 Å². The zero-order chi connectivity index (χ0) is 13.0. The fourth-order valence-corrected chi connectivity index (χ4v) is 2.06. The second kappa shape index (κ2) is 7.40. The molecule has 0 aliphatic carbocycles. The fraction of sp³-hybridized carbons (Fsp3) is 0.462. The van der Waals surface area contributed by atoms with Crippen LogP contribution in [0.4, 0.5) is 8.78 Å². The average molecular weight is 291 g/mol. The Hall–Kier alpha value is -1.20. The lowest BCUT2D eigenvalue weighted by Crippen LogP contribution is -2.35. The van der Waals surface area contributed by atoms with E-state index in [0.717, 1.165) is 19.5 Å². The zero-order valence-electron chi connectivity index (χ0n) is 10.5. The smallest absolute Gasteiger partial charge is 0.227 e. The van der Waals surface area contributed by atoms with Gasteiger partial charge in [-0.15, -0.1) is 12.4 Å². The molecule has 1 amide bonds. The van der Waals surface area contributed by atoms with E-state index in [4.69, 9.17) is 0 Å².